The summed E-state index contributed by atoms with van der Waals surface area (Å²) in [6, 6.07) is 15.1. The van der Waals surface area contributed by atoms with Crippen molar-refractivity contribution in [2.24, 2.45) is 0 Å². The second-order valence-corrected chi connectivity index (χ2v) is 10.7. The lowest BCUT2D eigenvalue weighted by molar-refractivity contribution is -0.870. The zero-order valence-electron chi connectivity index (χ0n) is 26.7. The number of quaternary nitrogens is 1. The third-order valence-corrected chi connectivity index (χ3v) is 6.84. The maximum Gasteiger partial charge on any atom is 0.407 e. The van der Waals surface area contributed by atoms with Gasteiger partial charge in [0.05, 0.1) is 33.7 Å². The number of nitrogens with zero attached hydrogens (tertiary/aromatic N) is 1. The second-order valence-electron chi connectivity index (χ2n) is 10.7. The van der Waals surface area contributed by atoms with Crippen molar-refractivity contribution in [2.45, 2.75) is 71.9 Å². The molecule has 8 nitrogen and oxygen atoms in total. The molecule has 0 heterocycles. The fourth-order valence-electron chi connectivity index (χ4n) is 4.76. The van der Waals surface area contributed by atoms with Gasteiger partial charge in [-0.1, -0.05) is 76.2 Å². The van der Waals surface area contributed by atoms with Crippen molar-refractivity contribution in [3.63, 3.8) is 0 Å². The largest absolute Gasteiger partial charge is 0.449 e. The molecule has 2 aromatic rings. The number of hydrogen-bond acceptors (Lipinski definition) is 5. The minimum atomic E-state index is -0.743. The number of amides is 2. The number of ketones is 1. The monoisotopic (exact) mass is 569 g/mol. The van der Waals surface area contributed by atoms with E-state index < -0.39 is 18.2 Å². The lowest BCUT2D eigenvalue weighted by atomic mass is 9.98. The Morgan fingerprint density at radius 3 is 1.88 bits per heavy atom. The number of fused-ring (bicyclic) bond motifs is 3. The third-order valence-electron chi connectivity index (χ3n) is 6.84. The van der Waals surface area contributed by atoms with E-state index in [9.17, 15) is 14.4 Å². The van der Waals surface area contributed by atoms with Crippen LogP contribution in [0.4, 0.5) is 4.79 Å². The van der Waals surface area contributed by atoms with E-state index in [0.717, 1.165) is 46.1 Å². The van der Waals surface area contributed by atoms with Gasteiger partial charge in [-0.05, 0) is 55.5 Å². The molecular weight excluding hydrogens is 516 g/mol. The van der Waals surface area contributed by atoms with E-state index >= 15 is 0 Å². The fourth-order valence-corrected chi connectivity index (χ4v) is 4.76. The maximum absolute atomic E-state index is 13.0. The van der Waals surface area contributed by atoms with E-state index in [0.29, 0.717) is 6.42 Å². The highest BCUT2D eigenvalue weighted by atomic mass is 16.5. The van der Waals surface area contributed by atoms with Crippen LogP contribution in [-0.2, 0) is 14.3 Å². The Kier molecular flexibility index (Phi) is 15.9. The molecule has 0 aliphatic heterocycles. The number of ether oxygens (including phenoxy) is 1. The van der Waals surface area contributed by atoms with Crippen molar-refractivity contribution < 1.29 is 23.6 Å². The first kappa shape index (κ1) is 35.8. The van der Waals surface area contributed by atoms with Crippen LogP contribution in [-0.4, -0.2) is 82.2 Å². The standard InChI is InChI=1S/C29H40N4O4.2C2H6/c1-20(34)27(30-2)18-31-28(35)26(16-10-11-17-33(3,4)5)32-29(36)37-19-25-23-14-8-6-12-21(23)22-13-7-9-15-24(22)25;2*1-2/h6-9,12-15,25-27,30H,10-11,16-19H2,1-5H3,(H-,31,32,35,36);2*1-2H3/p+1. The van der Waals surface area contributed by atoms with E-state index in [2.05, 4.69) is 61.4 Å². The van der Waals surface area contributed by atoms with Crippen LogP contribution in [0, 0.1) is 0 Å². The molecule has 0 saturated carbocycles. The fraction of sp³-hybridized carbons (Fsp3) is 0.545. The van der Waals surface area contributed by atoms with Crippen LogP contribution in [0.25, 0.3) is 11.1 Å². The Hall–Kier alpha value is -3.23. The van der Waals surface area contributed by atoms with E-state index in [1.807, 2.05) is 52.0 Å². The van der Waals surface area contributed by atoms with Crippen LogP contribution in [0.3, 0.4) is 0 Å². The summed E-state index contributed by atoms with van der Waals surface area (Å²) in [6.45, 7) is 10.8. The molecule has 1 aliphatic carbocycles. The molecular formula is C33H53N4O4+. The molecule has 0 fully saturated rings. The van der Waals surface area contributed by atoms with Crippen molar-refractivity contribution in [1.82, 2.24) is 16.0 Å². The maximum atomic E-state index is 13.0. The molecule has 2 aromatic carbocycles. The molecule has 0 aromatic heterocycles. The Labute approximate surface area is 247 Å². The number of unbranched alkanes of at least 4 members (excludes halogenated alkanes) is 1. The van der Waals surface area contributed by atoms with Crippen LogP contribution in [0.5, 0.6) is 0 Å². The molecule has 0 saturated heterocycles. The summed E-state index contributed by atoms with van der Waals surface area (Å²) >= 11 is 0. The first-order valence-electron chi connectivity index (χ1n) is 15.0. The topological polar surface area (TPSA) is 96.5 Å². The number of benzene rings is 2. The number of alkyl carbamates (subject to hydrolysis) is 1. The number of nitrogens with one attached hydrogen (secondary N) is 3. The van der Waals surface area contributed by atoms with Crippen LogP contribution in [0.1, 0.15) is 70.9 Å². The van der Waals surface area contributed by atoms with E-state index in [4.69, 9.17) is 4.74 Å². The average molecular weight is 570 g/mol. The average Bonchev–Trinajstić information content (AvgIpc) is 3.28. The molecule has 1 aliphatic rings. The Bertz CT molecular complexity index is 1050. The van der Waals surface area contributed by atoms with Gasteiger partial charge in [0, 0.05) is 12.5 Å². The van der Waals surface area contributed by atoms with Crippen LogP contribution < -0.4 is 16.0 Å². The third kappa shape index (κ3) is 11.3. The molecule has 0 spiro atoms. The van der Waals surface area contributed by atoms with Crippen molar-refractivity contribution in [3.8, 4) is 11.1 Å². The molecule has 41 heavy (non-hydrogen) atoms. The van der Waals surface area contributed by atoms with Crippen LogP contribution >= 0.6 is 0 Å². The van der Waals surface area contributed by atoms with Crippen LogP contribution in [0.15, 0.2) is 48.5 Å². The first-order chi connectivity index (χ1) is 19.6. The first-order valence-corrected chi connectivity index (χ1v) is 15.0. The summed E-state index contributed by atoms with van der Waals surface area (Å²) in [6.07, 6.45) is 1.57. The number of carbonyl (C=O) groups is 3. The summed E-state index contributed by atoms with van der Waals surface area (Å²) in [7, 11) is 8.05. The van der Waals surface area contributed by atoms with Gasteiger partial charge in [0.25, 0.3) is 0 Å². The lowest BCUT2D eigenvalue weighted by Gasteiger charge is -2.24. The SMILES string of the molecule is CC.CC.CNC(CNC(=O)C(CCCC[N+](C)(C)C)NC(=O)OCC1c2ccccc2-c2ccccc21)C(C)=O. The van der Waals surface area contributed by atoms with Gasteiger partial charge in [-0.3, -0.25) is 9.59 Å². The minimum absolute atomic E-state index is 0.0538. The molecule has 2 atom stereocenters. The summed E-state index contributed by atoms with van der Waals surface area (Å²) < 4.78 is 6.50. The molecule has 0 radical (unpaired) electrons. The van der Waals surface area contributed by atoms with Gasteiger partial charge in [0.2, 0.25) is 5.91 Å². The van der Waals surface area contributed by atoms with E-state index in [-0.39, 0.29) is 30.8 Å². The normalized spacial score (nSPS) is 13.2. The summed E-state index contributed by atoms with van der Waals surface area (Å²) in [5, 5.41) is 8.47. The minimum Gasteiger partial charge on any atom is -0.449 e. The summed E-state index contributed by atoms with van der Waals surface area (Å²) in [5.41, 5.74) is 4.58. The van der Waals surface area contributed by atoms with E-state index in [1.165, 1.54) is 6.92 Å². The van der Waals surface area contributed by atoms with Gasteiger partial charge in [-0.2, -0.15) is 0 Å². The predicted molar refractivity (Wildman–Crippen MR) is 168 cm³/mol. The molecule has 3 rings (SSSR count). The van der Waals surface area contributed by atoms with Crippen molar-refractivity contribution >= 4 is 17.8 Å². The van der Waals surface area contributed by atoms with Gasteiger partial charge < -0.3 is 25.2 Å². The summed E-state index contributed by atoms with van der Waals surface area (Å²) in [4.78, 5) is 37.5. The highest BCUT2D eigenvalue weighted by Crippen LogP contribution is 2.44. The highest BCUT2D eigenvalue weighted by molar-refractivity contribution is 5.87. The van der Waals surface area contributed by atoms with Crippen molar-refractivity contribution in [2.75, 3.05) is 47.9 Å². The zero-order chi connectivity index (χ0) is 31.0. The molecule has 3 N–H and O–H groups in total. The Balaban J connectivity index is 0.00000201. The number of Topliss-reactive ketones (excluding diaryl/α,β-unsaturated/α-hetero) is 1. The number of hydrogen-bond donors (Lipinski definition) is 3. The molecule has 2 amide bonds. The molecule has 8 heteroatoms. The quantitative estimate of drug-likeness (QED) is 0.230. The van der Waals surface area contributed by atoms with Gasteiger partial charge in [0.1, 0.15) is 18.4 Å². The molecule has 0 bridgehead atoms. The smallest absolute Gasteiger partial charge is 0.407 e. The van der Waals surface area contributed by atoms with Gasteiger partial charge >= 0.3 is 6.09 Å². The van der Waals surface area contributed by atoms with Crippen molar-refractivity contribution in [3.05, 3.63) is 59.7 Å². The zero-order valence-corrected chi connectivity index (χ0v) is 26.7. The number of rotatable bonds is 13. The molecule has 228 valence electrons. The molecule has 2 unspecified atom stereocenters. The number of carbonyl (C=O) groups excluding carboxylic acids is 3. The second kappa shape index (κ2) is 18.3. The Morgan fingerprint density at radius 2 is 1.39 bits per heavy atom. The van der Waals surface area contributed by atoms with Crippen molar-refractivity contribution in [1.29, 1.82) is 0 Å². The van der Waals surface area contributed by atoms with Gasteiger partial charge in [0.15, 0.2) is 0 Å². The van der Waals surface area contributed by atoms with Gasteiger partial charge in [-0.25, -0.2) is 4.79 Å². The van der Waals surface area contributed by atoms with Gasteiger partial charge in [-0.15, -0.1) is 0 Å². The van der Waals surface area contributed by atoms with Crippen LogP contribution in [0.2, 0.25) is 0 Å². The Morgan fingerprint density at radius 1 is 0.854 bits per heavy atom. The summed E-state index contributed by atoms with van der Waals surface area (Å²) in [5.74, 6) is -0.436. The highest BCUT2D eigenvalue weighted by Gasteiger charge is 2.30. The predicted octanol–water partition coefficient (Wildman–Crippen LogP) is 5.12. The number of likely N-dealkylation sites (N-methyl/N-ethyl adjacent to an activating group) is 1. The van der Waals surface area contributed by atoms with E-state index in [1.54, 1.807) is 7.05 Å². The lowest BCUT2D eigenvalue weighted by Crippen LogP contribution is -2.51.